The Labute approximate surface area is 125 Å². The summed E-state index contributed by atoms with van der Waals surface area (Å²) in [5.74, 6) is -1.59. The van der Waals surface area contributed by atoms with Crippen molar-refractivity contribution in [2.75, 3.05) is 0 Å². The maximum Gasteiger partial charge on any atom is 0.159 e. The average Bonchev–Trinajstić information content (AvgIpc) is 2.46. The molecule has 112 valence electrons. The van der Waals surface area contributed by atoms with Crippen LogP contribution in [0.15, 0.2) is 42.5 Å². The van der Waals surface area contributed by atoms with Crippen LogP contribution in [0.4, 0.5) is 8.78 Å². The van der Waals surface area contributed by atoms with Gasteiger partial charge in [0.25, 0.3) is 0 Å². The minimum Gasteiger partial charge on any atom is -0.310 e. The molecule has 1 unspecified atom stereocenters. The fourth-order valence-electron chi connectivity index (χ4n) is 2.29. The van der Waals surface area contributed by atoms with E-state index in [1.807, 2.05) is 0 Å². The van der Waals surface area contributed by atoms with Crippen molar-refractivity contribution in [3.63, 3.8) is 0 Å². The second-order valence-electron chi connectivity index (χ2n) is 5.56. The van der Waals surface area contributed by atoms with Crippen molar-refractivity contribution in [1.29, 1.82) is 0 Å². The fraction of sp³-hybridized carbons (Fsp3) is 0.333. The Kier molecular flexibility index (Phi) is 5.45. The quantitative estimate of drug-likeness (QED) is 0.832. The summed E-state index contributed by atoms with van der Waals surface area (Å²) < 4.78 is 26.0. The maximum atomic E-state index is 13.1. The smallest absolute Gasteiger partial charge is 0.159 e. The van der Waals surface area contributed by atoms with Crippen LogP contribution in [0.3, 0.4) is 0 Å². The topological polar surface area (TPSA) is 12.0 Å². The maximum absolute atomic E-state index is 13.1. The molecule has 0 amide bonds. The standard InChI is InChI=1S/C18H21F2N/c1-13-4-3-5-15(10-13)7-6-14(2)21-12-16-8-9-17(19)18(20)11-16/h3-5,8-11,14,21H,6-7,12H2,1-2H3. The zero-order valence-electron chi connectivity index (χ0n) is 12.5. The van der Waals surface area contributed by atoms with Gasteiger partial charge in [-0.25, -0.2) is 8.78 Å². The molecule has 2 aromatic rings. The van der Waals surface area contributed by atoms with E-state index >= 15 is 0 Å². The third-order valence-electron chi connectivity index (χ3n) is 3.59. The predicted octanol–water partition coefficient (Wildman–Crippen LogP) is 4.38. The highest BCUT2D eigenvalue weighted by Gasteiger charge is 2.05. The van der Waals surface area contributed by atoms with Gasteiger partial charge in [-0.05, 0) is 49.9 Å². The van der Waals surface area contributed by atoms with E-state index in [4.69, 9.17) is 0 Å². The Morgan fingerprint density at radius 3 is 2.52 bits per heavy atom. The number of aryl methyl sites for hydroxylation is 2. The van der Waals surface area contributed by atoms with Crippen LogP contribution in [0.25, 0.3) is 0 Å². The molecule has 2 aromatic carbocycles. The van der Waals surface area contributed by atoms with E-state index in [0.717, 1.165) is 18.4 Å². The molecule has 0 saturated heterocycles. The minimum atomic E-state index is -0.800. The van der Waals surface area contributed by atoms with Gasteiger partial charge >= 0.3 is 0 Å². The van der Waals surface area contributed by atoms with Crippen molar-refractivity contribution in [3.05, 3.63) is 70.8 Å². The Hall–Kier alpha value is -1.74. The molecule has 0 fully saturated rings. The molecule has 1 nitrogen and oxygen atoms in total. The number of nitrogens with one attached hydrogen (secondary N) is 1. The van der Waals surface area contributed by atoms with Crippen LogP contribution in [-0.2, 0) is 13.0 Å². The molecule has 0 aliphatic rings. The summed E-state index contributed by atoms with van der Waals surface area (Å²) in [7, 11) is 0. The fourth-order valence-corrected chi connectivity index (χ4v) is 2.29. The highest BCUT2D eigenvalue weighted by atomic mass is 19.2. The molecule has 0 saturated carbocycles. The molecule has 0 aromatic heterocycles. The molecular weight excluding hydrogens is 268 g/mol. The van der Waals surface area contributed by atoms with Crippen LogP contribution < -0.4 is 5.32 Å². The Morgan fingerprint density at radius 1 is 1.00 bits per heavy atom. The molecule has 0 radical (unpaired) electrons. The first-order chi connectivity index (χ1) is 10.0. The molecular formula is C18H21F2N. The number of hydrogen-bond acceptors (Lipinski definition) is 1. The summed E-state index contributed by atoms with van der Waals surface area (Å²) in [4.78, 5) is 0. The minimum absolute atomic E-state index is 0.318. The van der Waals surface area contributed by atoms with E-state index in [-0.39, 0.29) is 0 Å². The van der Waals surface area contributed by atoms with Crippen LogP contribution >= 0.6 is 0 Å². The van der Waals surface area contributed by atoms with Gasteiger partial charge in [-0.15, -0.1) is 0 Å². The summed E-state index contributed by atoms with van der Waals surface area (Å²) in [5, 5.41) is 3.34. The molecule has 0 bridgehead atoms. The number of benzene rings is 2. The third-order valence-corrected chi connectivity index (χ3v) is 3.59. The molecule has 3 heteroatoms. The second-order valence-corrected chi connectivity index (χ2v) is 5.56. The highest BCUT2D eigenvalue weighted by Crippen LogP contribution is 2.10. The molecule has 0 spiro atoms. The van der Waals surface area contributed by atoms with Gasteiger partial charge in [-0.2, -0.15) is 0 Å². The third kappa shape index (κ3) is 4.94. The van der Waals surface area contributed by atoms with Crippen LogP contribution in [0.1, 0.15) is 30.0 Å². The molecule has 1 N–H and O–H groups in total. The van der Waals surface area contributed by atoms with Crippen molar-refractivity contribution < 1.29 is 8.78 Å². The summed E-state index contributed by atoms with van der Waals surface area (Å²) in [6.07, 6.45) is 2.01. The van der Waals surface area contributed by atoms with Crippen molar-refractivity contribution >= 4 is 0 Å². The van der Waals surface area contributed by atoms with Crippen molar-refractivity contribution in [1.82, 2.24) is 5.32 Å². The zero-order valence-corrected chi connectivity index (χ0v) is 12.5. The zero-order chi connectivity index (χ0) is 15.2. The van der Waals surface area contributed by atoms with Gasteiger partial charge in [0.15, 0.2) is 11.6 Å². The lowest BCUT2D eigenvalue weighted by atomic mass is 10.0. The van der Waals surface area contributed by atoms with Gasteiger partial charge in [-0.3, -0.25) is 0 Å². The molecule has 2 rings (SSSR count). The lowest BCUT2D eigenvalue weighted by Gasteiger charge is -2.14. The summed E-state index contributed by atoms with van der Waals surface area (Å²) >= 11 is 0. The van der Waals surface area contributed by atoms with Crippen LogP contribution in [0.5, 0.6) is 0 Å². The average molecular weight is 289 g/mol. The van der Waals surface area contributed by atoms with Crippen LogP contribution in [0.2, 0.25) is 0 Å². The lowest BCUT2D eigenvalue weighted by Crippen LogP contribution is -2.26. The van der Waals surface area contributed by atoms with Gasteiger partial charge in [0.05, 0.1) is 0 Å². The second kappa shape index (κ2) is 7.32. The monoisotopic (exact) mass is 289 g/mol. The van der Waals surface area contributed by atoms with Crippen molar-refractivity contribution in [3.8, 4) is 0 Å². The molecule has 1 atom stereocenters. The molecule has 21 heavy (non-hydrogen) atoms. The van der Waals surface area contributed by atoms with Gasteiger partial charge in [-0.1, -0.05) is 35.9 Å². The first-order valence-corrected chi connectivity index (χ1v) is 7.27. The first-order valence-electron chi connectivity index (χ1n) is 7.27. The van der Waals surface area contributed by atoms with E-state index in [0.29, 0.717) is 12.6 Å². The number of rotatable bonds is 6. The normalized spacial score (nSPS) is 12.4. The number of hydrogen-bond donors (Lipinski definition) is 1. The van der Waals surface area contributed by atoms with Crippen molar-refractivity contribution in [2.24, 2.45) is 0 Å². The van der Waals surface area contributed by atoms with Gasteiger partial charge < -0.3 is 5.32 Å². The van der Waals surface area contributed by atoms with Crippen LogP contribution in [-0.4, -0.2) is 6.04 Å². The lowest BCUT2D eigenvalue weighted by molar-refractivity contribution is 0.496. The van der Waals surface area contributed by atoms with Gasteiger partial charge in [0.1, 0.15) is 0 Å². The van der Waals surface area contributed by atoms with Crippen molar-refractivity contribution in [2.45, 2.75) is 39.3 Å². The first kappa shape index (κ1) is 15.6. The Morgan fingerprint density at radius 2 is 1.81 bits per heavy atom. The van der Waals surface area contributed by atoms with E-state index in [1.54, 1.807) is 6.07 Å². The van der Waals surface area contributed by atoms with E-state index in [2.05, 4.69) is 43.4 Å². The highest BCUT2D eigenvalue weighted by molar-refractivity contribution is 5.22. The SMILES string of the molecule is Cc1cccc(CCC(C)NCc2ccc(F)c(F)c2)c1. The summed E-state index contributed by atoms with van der Waals surface area (Å²) in [6, 6.07) is 12.8. The van der Waals surface area contributed by atoms with E-state index in [9.17, 15) is 8.78 Å². The Balaban J connectivity index is 1.79. The predicted molar refractivity (Wildman–Crippen MR) is 82.2 cm³/mol. The van der Waals surface area contributed by atoms with Gasteiger partial charge in [0.2, 0.25) is 0 Å². The molecule has 0 aliphatic carbocycles. The summed E-state index contributed by atoms with van der Waals surface area (Å²) in [5.41, 5.74) is 3.36. The molecule has 0 heterocycles. The Bertz CT molecular complexity index is 596. The largest absolute Gasteiger partial charge is 0.310 e. The van der Waals surface area contributed by atoms with E-state index in [1.165, 1.54) is 23.3 Å². The van der Waals surface area contributed by atoms with Gasteiger partial charge in [0, 0.05) is 12.6 Å². The van der Waals surface area contributed by atoms with E-state index < -0.39 is 11.6 Å². The molecule has 0 aliphatic heterocycles. The van der Waals surface area contributed by atoms with Crippen LogP contribution in [0, 0.1) is 18.6 Å². The number of halogens is 2. The summed E-state index contributed by atoms with van der Waals surface area (Å²) in [6.45, 7) is 4.75.